The average Bonchev–Trinajstić information content (AvgIpc) is 2.31. The molecular formula is C15H12BrCl3. The van der Waals surface area contributed by atoms with Gasteiger partial charge < -0.3 is 0 Å². The van der Waals surface area contributed by atoms with Gasteiger partial charge in [-0.3, -0.25) is 0 Å². The summed E-state index contributed by atoms with van der Waals surface area (Å²) in [6, 6.07) is 9.56. The predicted octanol–water partition coefficient (Wildman–Crippen LogP) is 6.75. The average molecular weight is 379 g/mol. The number of benzene rings is 2. The molecule has 0 saturated heterocycles. The highest BCUT2D eigenvalue weighted by Crippen LogP contribution is 2.38. The Morgan fingerprint density at radius 1 is 0.842 bits per heavy atom. The lowest BCUT2D eigenvalue weighted by Crippen LogP contribution is -1.96. The maximum Gasteiger partial charge on any atom is 0.0660 e. The lowest BCUT2D eigenvalue weighted by molar-refractivity contribution is 1.16. The third-order valence-corrected chi connectivity index (χ3v) is 4.85. The van der Waals surface area contributed by atoms with E-state index in [1.54, 1.807) is 6.07 Å². The van der Waals surface area contributed by atoms with Crippen molar-refractivity contribution in [2.75, 3.05) is 0 Å². The van der Waals surface area contributed by atoms with Crippen LogP contribution in [0.25, 0.3) is 0 Å². The number of rotatable bonds is 2. The normalized spacial score (nSPS) is 12.5. The topological polar surface area (TPSA) is 0 Å². The molecule has 0 radical (unpaired) electrons. The maximum absolute atomic E-state index is 6.33. The number of alkyl halides is 1. The number of hydrogen-bond donors (Lipinski definition) is 0. The smallest absolute Gasteiger partial charge is 0.0660 e. The van der Waals surface area contributed by atoms with Gasteiger partial charge in [0.15, 0.2) is 0 Å². The van der Waals surface area contributed by atoms with Crippen molar-refractivity contribution in [3.63, 3.8) is 0 Å². The van der Waals surface area contributed by atoms with Crippen LogP contribution < -0.4 is 0 Å². The highest BCUT2D eigenvalue weighted by Gasteiger charge is 2.16. The van der Waals surface area contributed by atoms with Crippen LogP contribution in [0.5, 0.6) is 0 Å². The van der Waals surface area contributed by atoms with E-state index in [0.717, 1.165) is 16.1 Å². The first-order valence-electron chi connectivity index (χ1n) is 5.75. The molecule has 0 aromatic heterocycles. The van der Waals surface area contributed by atoms with E-state index in [2.05, 4.69) is 28.9 Å². The van der Waals surface area contributed by atoms with Crippen LogP contribution in [0.3, 0.4) is 0 Å². The lowest BCUT2D eigenvalue weighted by atomic mass is 10.0. The summed E-state index contributed by atoms with van der Waals surface area (Å²) in [5, 5.41) is 1.97. The molecule has 2 rings (SSSR count). The molecule has 0 spiro atoms. The zero-order chi connectivity index (χ0) is 14.2. The molecule has 0 aliphatic heterocycles. The van der Waals surface area contributed by atoms with Gasteiger partial charge in [0.2, 0.25) is 0 Å². The Morgan fingerprint density at radius 3 is 1.95 bits per heavy atom. The maximum atomic E-state index is 6.33. The second-order valence-electron chi connectivity index (χ2n) is 4.52. The van der Waals surface area contributed by atoms with Crippen LogP contribution in [-0.2, 0) is 0 Å². The Kier molecular flexibility index (Phi) is 4.84. The van der Waals surface area contributed by atoms with Crippen LogP contribution in [0, 0.1) is 13.8 Å². The van der Waals surface area contributed by atoms with E-state index in [0.29, 0.717) is 10.0 Å². The first-order valence-corrected chi connectivity index (χ1v) is 7.80. The molecule has 4 heteroatoms. The molecule has 0 bridgehead atoms. The van der Waals surface area contributed by atoms with Crippen molar-refractivity contribution < 1.29 is 0 Å². The minimum absolute atomic E-state index is 0.0319. The van der Waals surface area contributed by atoms with E-state index < -0.39 is 0 Å². The van der Waals surface area contributed by atoms with Crippen LogP contribution in [0.4, 0.5) is 0 Å². The highest BCUT2D eigenvalue weighted by molar-refractivity contribution is 9.09. The third kappa shape index (κ3) is 3.46. The van der Waals surface area contributed by atoms with Crippen LogP contribution in [-0.4, -0.2) is 0 Å². The van der Waals surface area contributed by atoms with E-state index in [4.69, 9.17) is 34.8 Å². The van der Waals surface area contributed by atoms with Gasteiger partial charge in [-0.05, 0) is 60.4 Å². The molecule has 2 aromatic rings. The fourth-order valence-corrected chi connectivity index (χ4v) is 3.54. The fraction of sp³-hybridized carbons (Fsp3) is 0.200. The Hall–Kier alpha value is -0.210. The molecule has 100 valence electrons. The summed E-state index contributed by atoms with van der Waals surface area (Å²) in [6.45, 7) is 4.12. The van der Waals surface area contributed by atoms with Crippen LogP contribution >= 0.6 is 50.7 Å². The second kappa shape index (κ2) is 6.05. The van der Waals surface area contributed by atoms with Gasteiger partial charge in [0.1, 0.15) is 0 Å². The van der Waals surface area contributed by atoms with Crippen molar-refractivity contribution in [1.82, 2.24) is 0 Å². The number of hydrogen-bond acceptors (Lipinski definition) is 0. The van der Waals surface area contributed by atoms with Crippen LogP contribution in [0.1, 0.15) is 27.1 Å². The van der Waals surface area contributed by atoms with Gasteiger partial charge in [0, 0.05) is 15.1 Å². The lowest BCUT2D eigenvalue weighted by Gasteiger charge is -2.15. The third-order valence-electron chi connectivity index (χ3n) is 3.06. The molecular weight excluding hydrogens is 366 g/mol. The predicted molar refractivity (Wildman–Crippen MR) is 88.2 cm³/mol. The highest BCUT2D eigenvalue weighted by atomic mass is 79.9. The van der Waals surface area contributed by atoms with Crippen LogP contribution in [0.15, 0.2) is 30.3 Å². The first kappa shape index (κ1) is 15.2. The van der Waals surface area contributed by atoms with Crippen molar-refractivity contribution in [3.8, 4) is 0 Å². The summed E-state index contributed by atoms with van der Waals surface area (Å²) in [5.41, 5.74) is 4.39. The van der Waals surface area contributed by atoms with Gasteiger partial charge >= 0.3 is 0 Å². The second-order valence-corrected chi connectivity index (χ2v) is 6.72. The van der Waals surface area contributed by atoms with Gasteiger partial charge in [0.25, 0.3) is 0 Å². The molecule has 0 amide bonds. The Morgan fingerprint density at radius 2 is 1.37 bits per heavy atom. The number of halogens is 4. The molecule has 19 heavy (non-hydrogen) atoms. The molecule has 1 atom stereocenters. The van der Waals surface area contributed by atoms with Crippen molar-refractivity contribution in [1.29, 1.82) is 0 Å². The van der Waals surface area contributed by atoms with Gasteiger partial charge in [-0.2, -0.15) is 0 Å². The van der Waals surface area contributed by atoms with Gasteiger partial charge in [-0.25, -0.2) is 0 Å². The molecule has 0 N–H and O–H groups in total. The van der Waals surface area contributed by atoms with E-state index in [1.165, 1.54) is 11.1 Å². The summed E-state index contributed by atoms with van der Waals surface area (Å²) in [4.78, 5) is -0.0319. The Labute approximate surface area is 136 Å². The molecule has 0 saturated carbocycles. The molecule has 0 heterocycles. The van der Waals surface area contributed by atoms with Crippen molar-refractivity contribution >= 4 is 50.7 Å². The molecule has 0 aliphatic rings. The van der Waals surface area contributed by atoms with Crippen LogP contribution in [0.2, 0.25) is 15.1 Å². The molecule has 0 fully saturated rings. The first-order chi connectivity index (χ1) is 8.88. The largest absolute Gasteiger partial charge is 0.0843 e. The van der Waals surface area contributed by atoms with Gasteiger partial charge in [0.05, 0.1) is 4.83 Å². The standard InChI is InChI=1S/C15H12BrCl3/c1-8-3-13(14(19)4-9(8)2)15(16)10-5-11(17)7-12(18)6-10/h3-7,15H,1-2H3. The summed E-state index contributed by atoms with van der Waals surface area (Å²) in [6.07, 6.45) is 0. The van der Waals surface area contributed by atoms with E-state index in [1.807, 2.05) is 25.1 Å². The van der Waals surface area contributed by atoms with Crippen molar-refractivity contribution in [2.24, 2.45) is 0 Å². The molecule has 0 aliphatic carbocycles. The monoisotopic (exact) mass is 376 g/mol. The minimum Gasteiger partial charge on any atom is -0.0843 e. The summed E-state index contributed by atoms with van der Waals surface area (Å²) >= 11 is 22.1. The van der Waals surface area contributed by atoms with Gasteiger partial charge in [-0.1, -0.05) is 56.8 Å². The zero-order valence-electron chi connectivity index (χ0n) is 10.5. The minimum atomic E-state index is -0.0319. The SMILES string of the molecule is Cc1cc(Cl)c(C(Br)c2cc(Cl)cc(Cl)c2)cc1C. The summed E-state index contributed by atoms with van der Waals surface area (Å²) in [5.74, 6) is 0. The quantitative estimate of drug-likeness (QED) is 0.507. The Bertz CT molecular complexity index is 603. The number of aryl methyl sites for hydroxylation is 2. The fourth-order valence-electron chi connectivity index (χ4n) is 1.90. The molecule has 2 aromatic carbocycles. The van der Waals surface area contributed by atoms with Crippen molar-refractivity contribution in [2.45, 2.75) is 18.7 Å². The Balaban J connectivity index is 2.49. The molecule has 1 unspecified atom stereocenters. The summed E-state index contributed by atoms with van der Waals surface area (Å²) < 4.78 is 0. The van der Waals surface area contributed by atoms with E-state index in [-0.39, 0.29) is 4.83 Å². The zero-order valence-corrected chi connectivity index (χ0v) is 14.3. The van der Waals surface area contributed by atoms with Gasteiger partial charge in [-0.15, -0.1) is 0 Å². The van der Waals surface area contributed by atoms with Crippen molar-refractivity contribution in [3.05, 3.63) is 67.7 Å². The molecule has 0 nitrogen and oxygen atoms in total. The van der Waals surface area contributed by atoms with E-state index in [9.17, 15) is 0 Å². The summed E-state index contributed by atoms with van der Waals surface area (Å²) in [7, 11) is 0. The van der Waals surface area contributed by atoms with E-state index >= 15 is 0 Å².